The Morgan fingerprint density at radius 3 is 2.90 bits per heavy atom. The highest BCUT2D eigenvalue weighted by Gasteiger charge is 2.46. The summed E-state index contributed by atoms with van der Waals surface area (Å²) in [4.78, 5) is 0. The lowest BCUT2D eigenvalue weighted by molar-refractivity contribution is 0.0165. The highest BCUT2D eigenvalue weighted by molar-refractivity contribution is 5.00. The van der Waals surface area contributed by atoms with Crippen molar-refractivity contribution in [3.05, 3.63) is 0 Å². The minimum atomic E-state index is 0.650. The minimum absolute atomic E-state index is 0.650. The van der Waals surface area contributed by atoms with Gasteiger partial charge in [0.05, 0.1) is 0 Å². The van der Waals surface area contributed by atoms with Crippen molar-refractivity contribution in [1.82, 2.24) is 10.6 Å². The largest absolute Gasteiger partial charge is 0.319 e. The fourth-order valence-corrected chi connectivity index (χ4v) is 2.58. The van der Waals surface area contributed by atoms with E-state index in [0.29, 0.717) is 5.41 Å². The summed E-state index contributed by atoms with van der Waals surface area (Å²) < 4.78 is 0. The van der Waals surface area contributed by atoms with Crippen LogP contribution in [0, 0.1) is 11.3 Å². The van der Waals surface area contributed by atoms with Gasteiger partial charge in [0.25, 0.3) is 0 Å². The molecule has 1 aliphatic carbocycles. The van der Waals surface area contributed by atoms with Crippen molar-refractivity contribution in [1.29, 1.82) is 0 Å². The van der Waals surface area contributed by atoms with Crippen molar-refractivity contribution in [3.8, 4) is 0 Å². The maximum atomic E-state index is 3.47. The fraction of sp³-hybridized carbons (Fsp3) is 1.00. The molecule has 3 rings (SSSR count). The first-order valence-corrected chi connectivity index (χ1v) is 4.20. The van der Waals surface area contributed by atoms with Gasteiger partial charge in [-0.2, -0.15) is 0 Å². The standard InChI is InChI=1S/C8H16N2/c1-9-5-8-2-7(3-8)4-10-6-8/h7,9-10H,2-6H2,1H3. The Hall–Kier alpha value is -0.0800. The van der Waals surface area contributed by atoms with Crippen LogP contribution in [-0.2, 0) is 0 Å². The third kappa shape index (κ3) is 0.867. The second kappa shape index (κ2) is 2.21. The first-order chi connectivity index (χ1) is 4.85. The molecule has 2 saturated heterocycles. The molecule has 2 N–H and O–H groups in total. The molecule has 0 atom stereocenters. The predicted molar refractivity (Wildman–Crippen MR) is 42.0 cm³/mol. The van der Waals surface area contributed by atoms with Crippen LogP contribution >= 0.6 is 0 Å². The van der Waals surface area contributed by atoms with Gasteiger partial charge < -0.3 is 10.6 Å². The molecule has 10 heavy (non-hydrogen) atoms. The van der Waals surface area contributed by atoms with E-state index in [2.05, 4.69) is 17.7 Å². The van der Waals surface area contributed by atoms with Crippen molar-refractivity contribution >= 4 is 0 Å². The van der Waals surface area contributed by atoms with Gasteiger partial charge in [0.15, 0.2) is 0 Å². The first-order valence-electron chi connectivity index (χ1n) is 4.20. The van der Waals surface area contributed by atoms with E-state index in [1.165, 1.54) is 32.5 Å². The molecule has 0 amide bonds. The van der Waals surface area contributed by atoms with Crippen LogP contribution in [0.2, 0.25) is 0 Å². The second-order valence-corrected chi connectivity index (χ2v) is 3.94. The van der Waals surface area contributed by atoms with Crippen LogP contribution < -0.4 is 10.6 Å². The van der Waals surface area contributed by atoms with Crippen LogP contribution in [0.5, 0.6) is 0 Å². The molecule has 2 nitrogen and oxygen atoms in total. The number of nitrogens with one attached hydrogen (secondary N) is 2. The number of hydrogen-bond acceptors (Lipinski definition) is 2. The molecule has 2 heterocycles. The van der Waals surface area contributed by atoms with Crippen molar-refractivity contribution in [2.24, 2.45) is 11.3 Å². The van der Waals surface area contributed by atoms with E-state index in [-0.39, 0.29) is 0 Å². The zero-order valence-electron chi connectivity index (χ0n) is 6.61. The number of fused-ring (bicyclic) bond motifs is 2. The zero-order valence-corrected chi connectivity index (χ0v) is 6.61. The topological polar surface area (TPSA) is 24.1 Å². The molecule has 2 bridgehead atoms. The van der Waals surface area contributed by atoms with Gasteiger partial charge in [-0.25, -0.2) is 0 Å². The van der Waals surface area contributed by atoms with E-state index in [1.807, 2.05) is 0 Å². The Morgan fingerprint density at radius 1 is 1.60 bits per heavy atom. The van der Waals surface area contributed by atoms with Gasteiger partial charge >= 0.3 is 0 Å². The van der Waals surface area contributed by atoms with E-state index in [1.54, 1.807) is 0 Å². The minimum Gasteiger partial charge on any atom is -0.319 e. The predicted octanol–water partition coefficient (Wildman–Crippen LogP) is 0.205. The lowest BCUT2D eigenvalue weighted by atomic mass is 9.59. The van der Waals surface area contributed by atoms with Crippen molar-refractivity contribution < 1.29 is 0 Å². The molecule has 3 fully saturated rings. The molecule has 58 valence electrons. The molecule has 1 saturated carbocycles. The molecule has 2 aliphatic heterocycles. The van der Waals surface area contributed by atoms with Crippen molar-refractivity contribution in [2.45, 2.75) is 12.8 Å². The van der Waals surface area contributed by atoms with E-state index in [9.17, 15) is 0 Å². The molecule has 0 unspecified atom stereocenters. The molecular formula is C8H16N2. The Bertz CT molecular complexity index is 116. The fourth-order valence-electron chi connectivity index (χ4n) is 2.58. The normalized spacial score (nSPS) is 44.7. The maximum Gasteiger partial charge on any atom is 0.00203 e. The van der Waals surface area contributed by atoms with Gasteiger partial charge in [-0.05, 0) is 37.8 Å². The molecule has 0 radical (unpaired) electrons. The van der Waals surface area contributed by atoms with E-state index in [0.717, 1.165) is 5.92 Å². The van der Waals surface area contributed by atoms with E-state index in [4.69, 9.17) is 0 Å². The summed E-state index contributed by atoms with van der Waals surface area (Å²) in [7, 11) is 2.05. The first kappa shape index (κ1) is 6.62. The summed E-state index contributed by atoms with van der Waals surface area (Å²) in [6.45, 7) is 3.71. The van der Waals surface area contributed by atoms with Crippen molar-refractivity contribution in [3.63, 3.8) is 0 Å². The second-order valence-electron chi connectivity index (χ2n) is 3.94. The summed E-state index contributed by atoms with van der Waals surface area (Å²) in [5, 5.41) is 6.75. The molecule has 0 aromatic rings. The molecule has 0 spiro atoms. The number of piperidine rings is 2. The van der Waals surface area contributed by atoms with Crippen LogP contribution in [0.25, 0.3) is 0 Å². The highest BCUT2D eigenvalue weighted by atomic mass is 15.0. The van der Waals surface area contributed by atoms with Gasteiger partial charge in [-0.15, -0.1) is 0 Å². The lowest BCUT2D eigenvalue weighted by Gasteiger charge is -2.52. The Kier molecular flexibility index (Phi) is 1.46. The van der Waals surface area contributed by atoms with Gasteiger partial charge in [-0.1, -0.05) is 0 Å². The monoisotopic (exact) mass is 140 g/mol. The third-order valence-corrected chi connectivity index (χ3v) is 2.93. The van der Waals surface area contributed by atoms with Crippen LogP contribution in [0.4, 0.5) is 0 Å². The number of hydrogen-bond donors (Lipinski definition) is 2. The van der Waals surface area contributed by atoms with Crippen LogP contribution in [0.3, 0.4) is 0 Å². The van der Waals surface area contributed by atoms with Gasteiger partial charge in [0, 0.05) is 13.1 Å². The molecule has 0 aromatic carbocycles. The van der Waals surface area contributed by atoms with Crippen molar-refractivity contribution in [2.75, 3.05) is 26.7 Å². The Labute approximate surface area is 62.4 Å². The van der Waals surface area contributed by atoms with Gasteiger partial charge in [-0.3, -0.25) is 0 Å². The molecule has 0 aromatic heterocycles. The quantitative estimate of drug-likeness (QED) is 0.573. The lowest BCUT2D eigenvalue weighted by Crippen LogP contribution is -2.58. The third-order valence-electron chi connectivity index (χ3n) is 2.93. The average Bonchev–Trinajstić information content (AvgIpc) is 1.87. The van der Waals surface area contributed by atoms with Gasteiger partial charge in [0.2, 0.25) is 0 Å². The number of rotatable bonds is 2. The molecule has 3 aliphatic rings. The summed E-state index contributed by atoms with van der Waals surface area (Å²) in [5.74, 6) is 1.00. The summed E-state index contributed by atoms with van der Waals surface area (Å²) in [6.07, 6.45) is 2.92. The van der Waals surface area contributed by atoms with Gasteiger partial charge in [0.1, 0.15) is 0 Å². The molecular weight excluding hydrogens is 124 g/mol. The van der Waals surface area contributed by atoms with Crippen LogP contribution in [0.15, 0.2) is 0 Å². The SMILES string of the molecule is CNCC12CNCC(C1)C2. The maximum absolute atomic E-state index is 3.47. The van der Waals surface area contributed by atoms with E-state index < -0.39 is 0 Å². The smallest absolute Gasteiger partial charge is 0.00203 e. The highest BCUT2D eigenvalue weighted by Crippen LogP contribution is 2.46. The van der Waals surface area contributed by atoms with Crippen LogP contribution in [0.1, 0.15) is 12.8 Å². The Morgan fingerprint density at radius 2 is 2.40 bits per heavy atom. The average molecular weight is 140 g/mol. The van der Waals surface area contributed by atoms with E-state index >= 15 is 0 Å². The summed E-state index contributed by atoms with van der Waals surface area (Å²) in [5.41, 5.74) is 0.650. The zero-order chi connectivity index (χ0) is 7.03. The summed E-state index contributed by atoms with van der Waals surface area (Å²) >= 11 is 0. The summed E-state index contributed by atoms with van der Waals surface area (Å²) in [6, 6.07) is 0. The Balaban J connectivity index is 1.92. The molecule has 2 heteroatoms. The van der Waals surface area contributed by atoms with Crippen LogP contribution in [-0.4, -0.2) is 26.7 Å².